The van der Waals surface area contributed by atoms with Crippen LogP contribution in [0.5, 0.6) is 0 Å². The van der Waals surface area contributed by atoms with Crippen LogP contribution in [0.15, 0.2) is 185 Å². The van der Waals surface area contributed by atoms with Gasteiger partial charge in [0.1, 0.15) is 11.2 Å². The minimum atomic E-state index is 0.416. The zero-order valence-electron chi connectivity index (χ0n) is 36.6. The SMILES string of the molecule is CC(C)c1ccc(N(C2=c3oc4ccccc4c3=CCC2)c2cc3c4ccccc4c(N(c4ccc(C(C)C)cc4)c4cccc5c4oc4ccccc45)cc3c3ccccc23)cc1. The first-order chi connectivity index (χ1) is 31.4. The number of fused-ring (bicyclic) bond motifs is 11. The fourth-order valence-electron chi connectivity index (χ4n) is 10.2. The lowest BCUT2D eigenvalue weighted by Crippen LogP contribution is -2.33. The summed E-state index contributed by atoms with van der Waals surface area (Å²) in [6.07, 6.45) is 4.13. The summed E-state index contributed by atoms with van der Waals surface area (Å²) in [4.78, 5) is 4.91. The van der Waals surface area contributed by atoms with E-state index in [4.69, 9.17) is 8.83 Å². The third kappa shape index (κ3) is 6.04. The van der Waals surface area contributed by atoms with Crippen LogP contribution in [0.4, 0.5) is 28.4 Å². The summed E-state index contributed by atoms with van der Waals surface area (Å²) in [5.74, 6) is 0.842. The molecule has 4 nitrogen and oxygen atoms in total. The van der Waals surface area contributed by atoms with Crippen molar-refractivity contribution >= 4 is 105 Å². The average molecular weight is 829 g/mol. The van der Waals surface area contributed by atoms with Gasteiger partial charge in [0.25, 0.3) is 0 Å². The van der Waals surface area contributed by atoms with E-state index in [1.54, 1.807) is 0 Å². The smallest absolute Gasteiger partial charge is 0.159 e. The van der Waals surface area contributed by atoms with Crippen molar-refractivity contribution in [3.63, 3.8) is 0 Å². The van der Waals surface area contributed by atoms with Gasteiger partial charge in [-0.1, -0.05) is 155 Å². The lowest BCUT2D eigenvalue weighted by atomic mass is 9.93. The summed E-state index contributed by atoms with van der Waals surface area (Å²) in [6.45, 7) is 9.02. The average Bonchev–Trinajstić information content (AvgIpc) is 3.92. The molecule has 0 saturated carbocycles. The minimum absolute atomic E-state index is 0.416. The van der Waals surface area contributed by atoms with Gasteiger partial charge in [0.2, 0.25) is 0 Å². The second kappa shape index (κ2) is 15.1. The highest BCUT2D eigenvalue weighted by Crippen LogP contribution is 2.49. The zero-order valence-corrected chi connectivity index (χ0v) is 36.6. The van der Waals surface area contributed by atoms with E-state index in [9.17, 15) is 0 Å². The maximum absolute atomic E-state index is 6.83. The van der Waals surface area contributed by atoms with Gasteiger partial charge >= 0.3 is 0 Å². The van der Waals surface area contributed by atoms with Gasteiger partial charge in [-0.25, -0.2) is 0 Å². The summed E-state index contributed by atoms with van der Waals surface area (Å²) in [6, 6.07) is 64.3. The predicted molar refractivity (Wildman–Crippen MR) is 270 cm³/mol. The predicted octanol–water partition coefficient (Wildman–Crippen LogP) is 16.0. The van der Waals surface area contributed by atoms with Crippen LogP contribution < -0.4 is 20.4 Å². The van der Waals surface area contributed by atoms with Gasteiger partial charge in [-0.05, 0) is 112 Å². The second-order valence-corrected chi connectivity index (χ2v) is 17.9. The van der Waals surface area contributed by atoms with Crippen molar-refractivity contribution in [3.05, 3.63) is 198 Å². The molecule has 0 bridgehead atoms. The maximum atomic E-state index is 6.83. The van der Waals surface area contributed by atoms with Crippen LogP contribution in [-0.2, 0) is 0 Å². The van der Waals surface area contributed by atoms with E-state index in [1.807, 2.05) is 6.07 Å². The topological polar surface area (TPSA) is 32.8 Å². The van der Waals surface area contributed by atoms with Crippen LogP contribution in [0.2, 0.25) is 0 Å². The highest BCUT2D eigenvalue weighted by Gasteiger charge is 2.27. The van der Waals surface area contributed by atoms with Crippen LogP contribution in [0.25, 0.3) is 77.0 Å². The molecule has 1 aliphatic rings. The third-order valence-corrected chi connectivity index (χ3v) is 13.5. The van der Waals surface area contributed by atoms with Crippen molar-refractivity contribution in [1.82, 2.24) is 0 Å². The molecular weight excluding hydrogens is 781 g/mol. The Balaban J connectivity index is 1.16. The monoisotopic (exact) mass is 828 g/mol. The van der Waals surface area contributed by atoms with Crippen LogP contribution >= 0.6 is 0 Å². The second-order valence-electron chi connectivity index (χ2n) is 17.9. The van der Waals surface area contributed by atoms with E-state index in [1.165, 1.54) is 49.0 Å². The number of hydrogen-bond acceptors (Lipinski definition) is 4. The number of furan rings is 2. The van der Waals surface area contributed by atoms with Gasteiger partial charge in [0.15, 0.2) is 11.0 Å². The van der Waals surface area contributed by atoms with Crippen molar-refractivity contribution in [1.29, 1.82) is 0 Å². The highest BCUT2D eigenvalue weighted by molar-refractivity contribution is 6.25. The van der Waals surface area contributed by atoms with Gasteiger partial charge in [-0.2, -0.15) is 0 Å². The molecule has 1 aliphatic carbocycles. The lowest BCUT2D eigenvalue weighted by molar-refractivity contribution is 0.566. The molecule has 0 unspecified atom stereocenters. The van der Waals surface area contributed by atoms with Gasteiger partial charge in [0.05, 0.1) is 22.8 Å². The lowest BCUT2D eigenvalue weighted by Gasteiger charge is -2.31. The molecule has 0 spiro atoms. The summed E-state index contributed by atoms with van der Waals surface area (Å²) >= 11 is 0. The van der Waals surface area contributed by atoms with E-state index < -0.39 is 0 Å². The normalized spacial score (nSPS) is 12.9. The number of hydrogen-bond donors (Lipinski definition) is 0. The Bertz CT molecular complexity index is 3740. The van der Waals surface area contributed by atoms with Crippen molar-refractivity contribution in [2.75, 3.05) is 9.80 Å². The Labute approximate surface area is 372 Å². The molecule has 2 aromatic heterocycles. The first-order valence-electron chi connectivity index (χ1n) is 22.7. The molecule has 0 radical (unpaired) electrons. The van der Waals surface area contributed by atoms with E-state index >= 15 is 0 Å². The first kappa shape index (κ1) is 38.1. The molecule has 4 heteroatoms. The molecule has 0 fully saturated rings. The van der Waals surface area contributed by atoms with Gasteiger partial charge in [0, 0.05) is 43.5 Å². The first-order valence-corrected chi connectivity index (χ1v) is 22.7. The molecule has 0 atom stereocenters. The minimum Gasteiger partial charge on any atom is -0.454 e. The molecule has 2 heterocycles. The van der Waals surface area contributed by atoms with E-state index in [0.29, 0.717) is 11.8 Å². The molecule has 12 rings (SSSR count). The Morgan fingerprint density at radius 3 is 1.48 bits per heavy atom. The third-order valence-electron chi connectivity index (χ3n) is 13.5. The Morgan fingerprint density at radius 1 is 0.406 bits per heavy atom. The van der Waals surface area contributed by atoms with Gasteiger partial charge in [-0.3, -0.25) is 0 Å². The van der Waals surface area contributed by atoms with Crippen LogP contribution in [0.3, 0.4) is 0 Å². The standard InChI is InChI=1S/C60H48N2O2/c1-37(2)39-27-31-41(32-28-39)61(53-23-13-21-49-47-19-9-11-25-57(47)63-59(49)53)55-35-51-44-16-6-8-18-46(44)56(36-52(51)43-15-5-7-17-45(43)55)62(42-33-29-40(30-34-42)38(3)4)54-24-14-22-50-48-20-10-12-26-58(48)64-60(50)54/h5-13,15-23,25-38H,14,24H2,1-4H3. The molecule has 310 valence electrons. The van der Waals surface area contributed by atoms with E-state index in [0.717, 1.165) is 85.0 Å². The van der Waals surface area contributed by atoms with Crippen molar-refractivity contribution in [2.45, 2.75) is 52.4 Å². The quantitative estimate of drug-likeness (QED) is 0.143. The van der Waals surface area contributed by atoms with Gasteiger partial charge < -0.3 is 18.6 Å². The molecule has 9 aromatic carbocycles. The molecule has 0 N–H and O–H groups in total. The summed E-state index contributed by atoms with van der Waals surface area (Å²) in [5.41, 5.74) is 12.8. The van der Waals surface area contributed by atoms with Crippen LogP contribution in [-0.4, -0.2) is 0 Å². The Hall–Kier alpha value is -7.56. The Morgan fingerprint density at radius 2 is 0.891 bits per heavy atom. The van der Waals surface area contributed by atoms with E-state index in [2.05, 4.69) is 213 Å². The molecule has 0 saturated heterocycles. The maximum Gasteiger partial charge on any atom is 0.159 e. The van der Waals surface area contributed by atoms with Crippen molar-refractivity contribution in [3.8, 4) is 0 Å². The van der Waals surface area contributed by atoms with Crippen molar-refractivity contribution in [2.24, 2.45) is 0 Å². The number of nitrogens with zero attached hydrogens (tertiary/aromatic N) is 2. The number of benzene rings is 9. The Kier molecular flexibility index (Phi) is 8.98. The molecule has 11 aromatic rings. The summed E-state index contributed by atoms with van der Waals surface area (Å²) in [7, 11) is 0. The van der Waals surface area contributed by atoms with Crippen molar-refractivity contribution < 1.29 is 8.83 Å². The number of rotatable bonds is 8. The van der Waals surface area contributed by atoms with Crippen LogP contribution in [0.1, 0.15) is 63.5 Å². The number of para-hydroxylation sites is 3. The molecular formula is C60H48N2O2. The molecule has 0 aliphatic heterocycles. The fraction of sp³-hybridized carbons (Fsp3) is 0.133. The molecule has 0 amide bonds. The zero-order chi connectivity index (χ0) is 43.1. The summed E-state index contributed by atoms with van der Waals surface area (Å²) in [5, 5.41) is 11.7. The summed E-state index contributed by atoms with van der Waals surface area (Å²) < 4.78 is 13.6. The van der Waals surface area contributed by atoms with E-state index in [-0.39, 0.29) is 0 Å². The fourth-order valence-corrected chi connectivity index (χ4v) is 10.2. The van der Waals surface area contributed by atoms with Crippen LogP contribution in [0, 0.1) is 0 Å². The number of anilines is 5. The molecule has 64 heavy (non-hydrogen) atoms. The largest absolute Gasteiger partial charge is 0.454 e. The highest BCUT2D eigenvalue weighted by atomic mass is 16.3. The van der Waals surface area contributed by atoms with Gasteiger partial charge in [-0.15, -0.1) is 0 Å².